The summed E-state index contributed by atoms with van der Waals surface area (Å²) in [7, 11) is -3.57. The molecular formula is C12H15N3O2S. The van der Waals surface area contributed by atoms with Gasteiger partial charge in [0.25, 0.3) is 10.0 Å². The van der Waals surface area contributed by atoms with Crippen LogP contribution in [0.1, 0.15) is 16.8 Å². The zero-order chi connectivity index (χ0) is 13.3. The third-order valence-electron chi connectivity index (χ3n) is 2.73. The van der Waals surface area contributed by atoms with Crippen molar-refractivity contribution < 1.29 is 8.42 Å². The van der Waals surface area contributed by atoms with E-state index in [0.717, 1.165) is 16.8 Å². The number of hydrogen-bond donors (Lipinski definition) is 2. The molecule has 0 amide bonds. The Morgan fingerprint density at radius 3 is 2.39 bits per heavy atom. The Hall–Kier alpha value is -1.82. The van der Waals surface area contributed by atoms with Crippen LogP contribution in [0.4, 0.5) is 5.82 Å². The fourth-order valence-corrected chi connectivity index (χ4v) is 2.62. The minimum absolute atomic E-state index is 0.242. The highest BCUT2D eigenvalue weighted by atomic mass is 32.2. The fourth-order valence-electron chi connectivity index (χ4n) is 1.55. The second-order valence-electron chi connectivity index (χ2n) is 4.29. The Labute approximate surface area is 106 Å². The van der Waals surface area contributed by atoms with Gasteiger partial charge in [-0.05, 0) is 44.0 Å². The molecule has 0 saturated heterocycles. The van der Waals surface area contributed by atoms with Crippen molar-refractivity contribution in [3.8, 4) is 0 Å². The Bertz CT molecular complexity index is 674. The summed E-state index contributed by atoms with van der Waals surface area (Å²) in [6.07, 6.45) is 0. The van der Waals surface area contributed by atoms with E-state index in [1.807, 2.05) is 13.8 Å². The number of aryl methyl sites for hydroxylation is 3. The highest BCUT2D eigenvalue weighted by molar-refractivity contribution is 7.92. The first-order valence-corrected chi connectivity index (χ1v) is 6.99. The number of nitrogens with zero attached hydrogens (tertiary/aromatic N) is 1. The number of nitrogens with one attached hydrogen (secondary N) is 2. The average Bonchev–Trinajstić information content (AvgIpc) is 2.67. The highest BCUT2D eigenvalue weighted by Gasteiger charge is 2.15. The van der Waals surface area contributed by atoms with Crippen molar-refractivity contribution in [2.24, 2.45) is 0 Å². The number of aromatic nitrogens is 2. The van der Waals surface area contributed by atoms with Gasteiger partial charge in [-0.25, -0.2) is 8.42 Å². The van der Waals surface area contributed by atoms with Crippen LogP contribution in [0.2, 0.25) is 0 Å². The molecule has 0 saturated carbocycles. The summed E-state index contributed by atoms with van der Waals surface area (Å²) >= 11 is 0. The predicted octanol–water partition coefficient (Wildman–Crippen LogP) is 2.14. The van der Waals surface area contributed by atoms with E-state index in [2.05, 4.69) is 14.9 Å². The summed E-state index contributed by atoms with van der Waals surface area (Å²) in [6.45, 7) is 5.63. The van der Waals surface area contributed by atoms with Crippen molar-refractivity contribution in [3.05, 3.63) is 41.1 Å². The first-order valence-electron chi connectivity index (χ1n) is 5.50. The number of sulfonamides is 1. The van der Waals surface area contributed by atoms with E-state index in [0.29, 0.717) is 5.82 Å². The molecule has 0 atom stereocenters. The van der Waals surface area contributed by atoms with Crippen molar-refractivity contribution in [1.82, 2.24) is 10.2 Å². The standard InChI is InChI=1S/C12H15N3O2S/c1-8-4-5-11(6-9(8)2)18(16,17)15-12-7-10(3)13-14-12/h4-7H,1-3H3,(H2,13,14,15). The number of rotatable bonds is 3. The molecule has 96 valence electrons. The summed E-state index contributed by atoms with van der Waals surface area (Å²) in [4.78, 5) is 0.242. The molecule has 2 aromatic rings. The van der Waals surface area contributed by atoms with E-state index in [1.54, 1.807) is 31.2 Å². The van der Waals surface area contributed by atoms with Crippen molar-refractivity contribution in [2.75, 3.05) is 4.72 Å². The van der Waals surface area contributed by atoms with Crippen molar-refractivity contribution in [1.29, 1.82) is 0 Å². The van der Waals surface area contributed by atoms with Gasteiger partial charge in [0.15, 0.2) is 5.82 Å². The molecule has 0 aliphatic rings. The third-order valence-corrected chi connectivity index (χ3v) is 4.09. The Kier molecular flexibility index (Phi) is 3.13. The fraction of sp³-hybridized carbons (Fsp3) is 0.250. The van der Waals surface area contributed by atoms with Gasteiger partial charge in [0.05, 0.1) is 4.90 Å². The molecule has 2 N–H and O–H groups in total. The van der Waals surface area contributed by atoms with Gasteiger partial charge in [-0.3, -0.25) is 9.82 Å². The maximum Gasteiger partial charge on any atom is 0.263 e. The van der Waals surface area contributed by atoms with E-state index in [4.69, 9.17) is 0 Å². The lowest BCUT2D eigenvalue weighted by molar-refractivity contribution is 0.601. The topological polar surface area (TPSA) is 74.8 Å². The summed E-state index contributed by atoms with van der Waals surface area (Å²) in [5, 5.41) is 6.54. The van der Waals surface area contributed by atoms with Gasteiger partial charge in [-0.2, -0.15) is 5.10 Å². The molecule has 5 nitrogen and oxygen atoms in total. The molecule has 2 rings (SSSR count). The van der Waals surface area contributed by atoms with Gasteiger partial charge < -0.3 is 0 Å². The number of aromatic amines is 1. The van der Waals surface area contributed by atoms with Gasteiger partial charge in [-0.1, -0.05) is 6.07 Å². The first-order chi connectivity index (χ1) is 8.38. The number of hydrogen-bond acceptors (Lipinski definition) is 3. The van der Waals surface area contributed by atoms with Crippen LogP contribution in [0.25, 0.3) is 0 Å². The van der Waals surface area contributed by atoms with Crippen LogP contribution in [0.15, 0.2) is 29.2 Å². The van der Waals surface area contributed by atoms with Gasteiger partial charge in [0.2, 0.25) is 0 Å². The van der Waals surface area contributed by atoms with E-state index in [9.17, 15) is 8.42 Å². The third kappa shape index (κ3) is 2.53. The van der Waals surface area contributed by atoms with Crippen molar-refractivity contribution in [2.45, 2.75) is 25.7 Å². The predicted molar refractivity (Wildman–Crippen MR) is 70.0 cm³/mol. The summed E-state index contributed by atoms with van der Waals surface area (Å²) < 4.78 is 26.7. The van der Waals surface area contributed by atoms with Crippen LogP contribution < -0.4 is 4.72 Å². The van der Waals surface area contributed by atoms with E-state index in [1.165, 1.54) is 0 Å². The molecule has 18 heavy (non-hydrogen) atoms. The second-order valence-corrected chi connectivity index (χ2v) is 5.97. The van der Waals surface area contributed by atoms with Gasteiger partial charge in [0.1, 0.15) is 0 Å². The first kappa shape index (κ1) is 12.6. The lowest BCUT2D eigenvalue weighted by Crippen LogP contribution is -2.13. The maximum atomic E-state index is 12.1. The largest absolute Gasteiger partial charge is 0.281 e. The van der Waals surface area contributed by atoms with Crippen LogP contribution in [0.3, 0.4) is 0 Å². The molecule has 1 heterocycles. The molecule has 1 aromatic carbocycles. The van der Waals surface area contributed by atoms with Crippen molar-refractivity contribution >= 4 is 15.8 Å². The number of anilines is 1. The molecule has 0 aliphatic heterocycles. The molecule has 0 fully saturated rings. The van der Waals surface area contributed by atoms with E-state index >= 15 is 0 Å². The lowest BCUT2D eigenvalue weighted by atomic mass is 10.1. The number of benzene rings is 1. The van der Waals surface area contributed by atoms with E-state index in [-0.39, 0.29) is 4.90 Å². The summed E-state index contributed by atoms with van der Waals surface area (Å²) in [5.74, 6) is 0.297. The second kappa shape index (κ2) is 4.45. The Morgan fingerprint density at radius 1 is 1.11 bits per heavy atom. The van der Waals surface area contributed by atoms with Gasteiger partial charge in [0, 0.05) is 11.8 Å². The van der Waals surface area contributed by atoms with Crippen LogP contribution in [0, 0.1) is 20.8 Å². The zero-order valence-electron chi connectivity index (χ0n) is 10.5. The highest BCUT2D eigenvalue weighted by Crippen LogP contribution is 2.17. The monoisotopic (exact) mass is 265 g/mol. The molecule has 0 aliphatic carbocycles. The van der Waals surface area contributed by atoms with Crippen LogP contribution in [-0.2, 0) is 10.0 Å². The molecule has 0 bridgehead atoms. The minimum Gasteiger partial charge on any atom is -0.281 e. The molecular weight excluding hydrogens is 250 g/mol. The van der Waals surface area contributed by atoms with Gasteiger partial charge in [-0.15, -0.1) is 0 Å². The average molecular weight is 265 g/mol. The molecule has 1 aromatic heterocycles. The van der Waals surface area contributed by atoms with Gasteiger partial charge >= 0.3 is 0 Å². The summed E-state index contributed by atoms with van der Waals surface area (Å²) in [6, 6.07) is 6.67. The lowest BCUT2D eigenvalue weighted by Gasteiger charge is -2.07. The maximum absolute atomic E-state index is 12.1. The SMILES string of the molecule is Cc1cc(NS(=O)(=O)c2ccc(C)c(C)c2)n[nH]1. The molecule has 6 heteroatoms. The zero-order valence-corrected chi connectivity index (χ0v) is 11.3. The van der Waals surface area contributed by atoms with Crippen LogP contribution in [-0.4, -0.2) is 18.6 Å². The van der Waals surface area contributed by atoms with E-state index < -0.39 is 10.0 Å². The molecule has 0 unspecified atom stereocenters. The number of H-pyrrole nitrogens is 1. The minimum atomic E-state index is -3.57. The van der Waals surface area contributed by atoms with Crippen molar-refractivity contribution in [3.63, 3.8) is 0 Å². The summed E-state index contributed by atoms with van der Waals surface area (Å²) in [5.41, 5.74) is 2.80. The Balaban J connectivity index is 2.33. The normalized spacial score (nSPS) is 11.5. The quantitative estimate of drug-likeness (QED) is 0.892. The molecule has 0 radical (unpaired) electrons. The smallest absolute Gasteiger partial charge is 0.263 e. The van der Waals surface area contributed by atoms with Crippen LogP contribution in [0.5, 0.6) is 0 Å². The van der Waals surface area contributed by atoms with Crippen LogP contribution >= 0.6 is 0 Å². The molecule has 0 spiro atoms. The Morgan fingerprint density at radius 2 is 1.83 bits per heavy atom.